The second-order valence-corrected chi connectivity index (χ2v) is 7.42. The van der Waals surface area contributed by atoms with Crippen LogP contribution in [0.4, 0.5) is 5.95 Å². The highest BCUT2D eigenvalue weighted by Gasteiger charge is 2.19. The highest BCUT2D eigenvalue weighted by molar-refractivity contribution is 5.93. The zero-order valence-corrected chi connectivity index (χ0v) is 18.0. The monoisotopic (exact) mass is 409 g/mol. The molecular formula is C21H27N7O2. The molecule has 30 heavy (non-hydrogen) atoms. The van der Waals surface area contributed by atoms with E-state index in [0.29, 0.717) is 24.4 Å². The van der Waals surface area contributed by atoms with Crippen LogP contribution in [0.2, 0.25) is 0 Å². The molecule has 0 aliphatic rings. The Morgan fingerprint density at radius 3 is 2.37 bits per heavy atom. The summed E-state index contributed by atoms with van der Waals surface area (Å²) >= 11 is 0. The van der Waals surface area contributed by atoms with Gasteiger partial charge in [0.2, 0.25) is 11.9 Å². The Bertz CT molecular complexity index is 1090. The molecule has 2 amide bonds. The molecule has 0 aliphatic heterocycles. The van der Waals surface area contributed by atoms with Gasteiger partial charge in [0.05, 0.1) is 6.42 Å². The van der Waals surface area contributed by atoms with Crippen molar-refractivity contribution in [2.75, 3.05) is 26.4 Å². The second kappa shape index (κ2) is 8.48. The van der Waals surface area contributed by atoms with Crippen LogP contribution in [0.25, 0.3) is 5.78 Å². The molecule has 0 aliphatic carbocycles. The molecule has 0 radical (unpaired) electrons. The standard InChI is InChI=1S/C21H27N7O2/c1-6-27(12-15-7-9-16(10-8-15)19(30)26(4)5)18(29)11-17-13(2)23-21-24-20(22)25-28(21)14(17)3/h7-10H,6,11-12H2,1-5H3,(H2,22,25). The van der Waals surface area contributed by atoms with E-state index in [0.717, 1.165) is 22.5 Å². The summed E-state index contributed by atoms with van der Waals surface area (Å²) in [5, 5.41) is 4.15. The number of fused-ring (bicyclic) bond motifs is 1. The lowest BCUT2D eigenvalue weighted by atomic mass is 10.1. The molecular weight excluding hydrogens is 382 g/mol. The molecule has 9 heteroatoms. The highest BCUT2D eigenvalue weighted by atomic mass is 16.2. The van der Waals surface area contributed by atoms with Gasteiger partial charge in [-0.15, -0.1) is 5.10 Å². The molecule has 0 atom stereocenters. The normalized spacial score (nSPS) is 11.0. The number of amides is 2. The van der Waals surface area contributed by atoms with Gasteiger partial charge in [-0.05, 0) is 38.5 Å². The summed E-state index contributed by atoms with van der Waals surface area (Å²) in [6.07, 6.45) is 0.214. The van der Waals surface area contributed by atoms with E-state index < -0.39 is 0 Å². The van der Waals surface area contributed by atoms with E-state index in [1.165, 1.54) is 4.90 Å². The van der Waals surface area contributed by atoms with Crippen molar-refractivity contribution in [3.8, 4) is 0 Å². The Hall–Kier alpha value is -3.49. The van der Waals surface area contributed by atoms with Crippen LogP contribution in [0.3, 0.4) is 0 Å². The first-order valence-electron chi connectivity index (χ1n) is 9.78. The molecule has 0 bridgehead atoms. The number of hydrogen-bond donors (Lipinski definition) is 1. The van der Waals surface area contributed by atoms with Crippen molar-refractivity contribution < 1.29 is 9.59 Å². The summed E-state index contributed by atoms with van der Waals surface area (Å²) in [7, 11) is 3.44. The first-order valence-corrected chi connectivity index (χ1v) is 9.78. The van der Waals surface area contributed by atoms with Crippen molar-refractivity contribution in [2.24, 2.45) is 0 Å². The van der Waals surface area contributed by atoms with Gasteiger partial charge in [0.1, 0.15) is 0 Å². The van der Waals surface area contributed by atoms with Crippen LogP contribution in [0, 0.1) is 13.8 Å². The largest absolute Gasteiger partial charge is 0.366 e. The fraction of sp³-hybridized carbons (Fsp3) is 0.381. The van der Waals surface area contributed by atoms with Crippen molar-refractivity contribution in [1.29, 1.82) is 0 Å². The molecule has 0 unspecified atom stereocenters. The van der Waals surface area contributed by atoms with E-state index in [1.807, 2.05) is 32.9 Å². The van der Waals surface area contributed by atoms with Gasteiger partial charge in [0, 0.05) is 49.7 Å². The zero-order chi connectivity index (χ0) is 22.0. The molecule has 158 valence electrons. The van der Waals surface area contributed by atoms with Crippen LogP contribution in [0.15, 0.2) is 24.3 Å². The highest BCUT2D eigenvalue weighted by Crippen LogP contribution is 2.17. The Labute approximate surface area is 175 Å². The number of carbonyl (C=O) groups excluding carboxylic acids is 2. The summed E-state index contributed by atoms with van der Waals surface area (Å²) < 4.78 is 1.57. The molecule has 2 heterocycles. The summed E-state index contributed by atoms with van der Waals surface area (Å²) in [5.41, 5.74) is 9.63. The minimum atomic E-state index is -0.0486. The minimum absolute atomic E-state index is 0.00798. The quantitative estimate of drug-likeness (QED) is 0.662. The lowest BCUT2D eigenvalue weighted by molar-refractivity contribution is -0.130. The Balaban J connectivity index is 1.77. The number of aromatic nitrogens is 4. The average Bonchev–Trinajstić information content (AvgIpc) is 3.09. The molecule has 0 spiro atoms. The number of likely N-dealkylation sites (N-methyl/N-ethyl adjacent to an activating group) is 1. The van der Waals surface area contributed by atoms with Crippen LogP contribution < -0.4 is 5.73 Å². The van der Waals surface area contributed by atoms with Crippen molar-refractivity contribution >= 4 is 23.5 Å². The average molecular weight is 409 g/mol. The number of nitrogens with two attached hydrogens (primary N) is 1. The summed E-state index contributed by atoms with van der Waals surface area (Å²) in [5.74, 6) is 0.525. The summed E-state index contributed by atoms with van der Waals surface area (Å²) in [6, 6.07) is 7.35. The van der Waals surface area contributed by atoms with Gasteiger partial charge in [-0.25, -0.2) is 4.98 Å². The van der Waals surface area contributed by atoms with E-state index in [9.17, 15) is 9.59 Å². The van der Waals surface area contributed by atoms with E-state index in [2.05, 4.69) is 15.1 Å². The number of nitrogen functional groups attached to an aromatic ring is 1. The first-order chi connectivity index (χ1) is 14.2. The number of carbonyl (C=O) groups is 2. The van der Waals surface area contributed by atoms with Crippen LogP contribution >= 0.6 is 0 Å². The fourth-order valence-electron chi connectivity index (χ4n) is 3.35. The molecule has 3 rings (SSSR count). The Morgan fingerprint density at radius 1 is 1.10 bits per heavy atom. The van der Waals surface area contributed by atoms with Crippen molar-refractivity contribution in [2.45, 2.75) is 33.7 Å². The summed E-state index contributed by atoms with van der Waals surface area (Å²) in [6.45, 7) is 6.73. The molecule has 2 aromatic heterocycles. The minimum Gasteiger partial charge on any atom is -0.366 e. The molecule has 2 N–H and O–H groups in total. The van der Waals surface area contributed by atoms with Gasteiger partial charge in [-0.2, -0.15) is 9.50 Å². The number of benzene rings is 1. The summed E-state index contributed by atoms with van der Waals surface area (Å²) in [4.78, 5) is 36.9. The van der Waals surface area contributed by atoms with Crippen LogP contribution in [0.5, 0.6) is 0 Å². The van der Waals surface area contributed by atoms with Crippen LogP contribution in [-0.4, -0.2) is 61.8 Å². The van der Waals surface area contributed by atoms with E-state index in [4.69, 9.17) is 5.73 Å². The number of nitrogens with zero attached hydrogens (tertiary/aromatic N) is 6. The maximum atomic E-state index is 13.0. The maximum absolute atomic E-state index is 13.0. The van der Waals surface area contributed by atoms with Gasteiger partial charge in [0.15, 0.2) is 0 Å². The molecule has 0 fully saturated rings. The topological polar surface area (TPSA) is 110 Å². The first kappa shape index (κ1) is 21.2. The molecule has 0 saturated carbocycles. The number of hydrogen-bond acceptors (Lipinski definition) is 6. The molecule has 0 saturated heterocycles. The molecule has 3 aromatic rings. The van der Waals surface area contributed by atoms with Gasteiger partial charge in [-0.1, -0.05) is 12.1 Å². The van der Waals surface area contributed by atoms with Crippen molar-refractivity contribution in [3.05, 3.63) is 52.3 Å². The Morgan fingerprint density at radius 2 is 1.77 bits per heavy atom. The number of anilines is 1. The lowest BCUT2D eigenvalue weighted by Gasteiger charge is -2.22. The van der Waals surface area contributed by atoms with Crippen molar-refractivity contribution in [1.82, 2.24) is 29.4 Å². The Kier molecular flexibility index (Phi) is 6.00. The van der Waals surface area contributed by atoms with Gasteiger partial charge >= 0.3 is 0 Å². The third-order valence-electron chi connectivity index (χ3n) is 5.11. The number of aryl methyl sites for hydroxylation is 2. The van der Waals surface area contributed by atoms with E-state index in [1.54, 1.807) is 35.6 Å². The second-order valence-electron chi connectivity index (χ2n) is 7.42. The number of rotatable bonds is 6. The lowest BCUT2D eigenvalue weighted by Crippen LogP contribution is -2.32. The van der Waals surface area contributed by atoms with Gasteiger partial charge in [0.25, 0.3) is 11.7 Å². The fourth-order valence-corrected chi connectivity index (χ4v) is 3.35. The van der Waals surface area contributed by atoms with Crippen LogP contribution in [-0.2, 0) is 17.8 Å². The predicted octanol–water partition coefficient (Wildman–Crippen LogP) is 1.62. The van der Waals surface area contributed by atoms with Gasteiger partial charge in [-0.3, -0.25) is 9.59 Å². The smallest absolute Gasteiger partial charge is 0.254 e. The zero-order valence-electron chi connectivity index (χ0n) is 18.0. The maximum Gasteiger partial charge on any atom is 0.254 e. The van der Waals surface area contributed by atoms with Gasteiger partial charge < -0.3 is 15.5 Å². The van der Waals surface area contributed by atoms with E-state index in [-0.39, 0.29) is 24.2 Å². The molecule has 1 aromatic carbocycles. The predicted molar refractivity (Wildman–Crippen MR) is 114 cm³/mol. The van der Waals surface area contributed by atoms with Crippen LogP contribution in [0.1, 0.15) is 39.8 Å². The molecule has 9 nitrogen and oxygen atoms in total. The van der Waals surface area contributed by atoms with E-state index >= 15 is 0 Å². The SMILES string of the molecule is CCN(Cc1ccc(C(=O)N(C)C)cc1)C(=O)Cc1c(C)nc2nc(N)nn2c1C. The third kappa shape index (κ3) is 4.24. The van der Waals surface area contributed by atoms with Crippen molar-refractivity contribution in [3.63, 3.8) is 0 Å². The third-order valence-corrected chi connectivity index (χ3v) is 5.11.